The zero-order chi connectivity index (χ0) is 14.0. The topological polar surface area (TPSA) is 104 Å². The maximum atomic E-state index is 5.36. The van der Waals surface area contributed by atoms with Crippen molar-refractivity contribution in [3.05, 3.63) is 42.4 Å². The highest BCUT2D eigenvalue weighted by Gasteiger charge is 1.82. The number of hydrogen-bond donors (Lipinski definition) is 3. The van der Waals surface area contributed by atoms with Crippen LogP contribution in [0.4, 0.5) is 17.2 Å². The molecule has 0 amide bonds. The number of nitrogens with two attached hydrogens (primary N) is 3. The molecule has 0 radical (unpaired) electrons. The van der Waals surface area contributed by atoms with Crippen molar-refractivity contribution in [1.29, 1.82) is 0 Å². The minimum atomic E-state index is 0.499. The number of aromatic nitrogens is 2. The molecule has 2 aromatic heterocycles. The third-order valence-corrected chi connectivity index (χ3v) is 1.74. The third kappa shape index (κ3) is 7.05. The Hall–Kier alpha value is -2.30. The second kappa shape index (κ2) is 8.81. The molecule has 0 unspecified atom stereocenters. The molecule has 5 nitrogen and oxygen atoms in total. The van der Waals surface area contributed by atoms with Crippen LogP contribution >= 0.6 is 0 Å². The molecule has 0 fully saturated rings. The van der Waals surface area contributed by atoms with E-state index in [0.717, 1.165) is 11.4 Å². The van der Waals surface area contributed by atoms with E-state index in [2.05, 4.69) is 9.97 Å². The van der Waals surface area contributed by atoms with E-state index in [4.69, 9.17) is 17.2 Å². The van der Waals surface area contributed by atoms with Crippen LogP contribution in [-0.4, -0.2) is 9.97 Å². The first-order chi connectivity index (χ1) is 8.58. The maximum Gasteiger partial charge on any atom is 0.123 e. The van der Waals surface area contributed by atoms with Gasteiger partial charge in [-0.15, -0.1) is 0 Å². The molecular weight excluding hydrogens is 226 g/mol. The molecule has 0 aliphatic heterocycles. The van der Waals surface area contributed by atoms with E-state index in [-0.39, 0.29) is 0 Å². The summed E-state index contributed by atoms with van der Waals surface area (Å²) in [6, 6.07) is 7.09. The van der Waals surface area contributed by atoms with Crippen LogP contribution in [0, 0.1) is 6.92 Å². The van der Waals surface area contributed by atoms with Gasteiger partial charge in [0.25, 0.3) is 0 Å². The first-order valence-corrected chi connectivity index (χ1v) is 5.73. The molecule has 0 aliphatic carbocycles. The van der Waals surface area contributed by atoms with Gasteiger partial charge in [0.15, 0.2) is 0 Å². The number of rotatable bonds is 0. The summed E-state index contributed by atoms with van der Waals surface area (Å²) in [6.45, 7) is 5.93. The highest BCUT2D eigenvalue weighted by molar-refractivity contribution is 5.40. The smallest absolute Gasteiger partial charge is 0.123 e. The van der Waals surface area contributed by atoms with Crippen molar-refractivity contribution in [2.75, 3.05) is 17.2 Å². The van der Waals surface area contributed by atoms with Crippen LogP contribution in [0.15, 0.2) is 36.7 Å². The maximum absolute atomic E-state index is 5.36. The summed E-state index contributed by atoms with van der Waals surface area (Å²) >= 11 is 0. The molecule has 2 heterocycles. The minimum Gasteiger partial charge on any atom is -0.397 e. The minimum absolute atomic E-state index is 0.499. The third-order valence-electron chi connectivity index (χ3n) is 1.74. The van der Waals surface area contributed by atoms with Gasteiger partial charge in [-0.1, -0.05) is 13.8 Å². The standard InChI is InChI=1S/C6H8N2.C5H7N3.C2H6/c1-5-2-3-6(7)4-8-5;6-4-1-2-5(7)8-3-4;1-2/h2-4H,7H2,1H3;1-3H,6H2,(H2,7,8);1-2H3. The Morgan fingerprint density at radius 2 is 1.28 bits per heavy atom. The average Bonchev–Trinajstić information content (AvgIpc) is 2.40. The van der Waals surface area contributed by atoms with E-state index in [1.165, 1.54) is 6.20 Å². The monoisotopic (exact) mass is 247 g/mol. The zero-order valence-electron chi connectivity index (χ0n) is 11.1. The van der Waals surface area contributed by atoms with Crippen LogP contribution < -0.4 is 17.2 Å². The van der Waals surface area contributed by atoms with Crippen LogP contribution in [0.25, 0.3) is 0 Å². The molecule has 2 aromatic rings. The van der Waals surface area contributed by atoms with Crippen molar-refractivity contribution in [2.24, 2.45) is 0 Å². The molecule has 18 heavy (non-hydrogen) atoms. The van der Waals surface area contributed by atoms with Crippen molar-refractivity contribution in [3.63, 3.8) is 0 Å². The number of anilines is 3. The Morgan fingerprint density at radius 1 is 0.778 bits per heavy atom. The molecule has 0 saturated heterocycles. The molecular formula is C13H21N5. The van der Waals surface area contributed by atoms with Gasteiger partial charge in [-0.05, 0) is 31.2 Å². The summed E-state index contributed by atoms with van der Waals surface area (Å²) in [5, 5.41) is 0. The summed E-state index contributed by atoms with van der Waals surface area (Å²) in [5.41, 5.74) is 18.3. The van der Waals surface area contributed by atoms with Crippen molar-refractivity contribution < 1.29 is 0 Å². The van der Waals surface area contributed by atoms with Crippen LogP contribution in [0.1, 0.15) is 19.5 Å². The molecule has 0 aliphatic rings. The zero-order valence-corrected chi connectivity index (χ0v) is 11.1. The van der Waals surface area contributed by atoms with Crippen molar-refractivity contribution in [1.82, 2.24) is 9.97 Å². The highest BCUT2D eigenvalue weighted by atomic mass is 14.8. The number of nitrogens with zero attached hydrogens (tertiary/aromatic N) is 2. The quantitative estimate of drug-likeness (QED) is 0.662. The first-order valence-electron chi connectivity index (χ1n) is 5.73. The first kappa shape index (κ1) is 15.7. The van der Waals surface area contributed by atoms with E-state index in [9.17, 15) is 0 Å². The van der Waals surface area contributed by atoms with Gasteiger partial charge in [0, 0.05) is 5.69 Å². The average molecular weight is 247 g/mol. The van der Waals surface area contributed by atoms with Gasteiger partial charge >= 0.3 is 0 Å². The SMILES string of the molecule is CC.Cc1ccc(N)cn1.Nc1ccc(N)nc1. The van der Waals surface area contributed by atoms with Gasteiger partial charge in [-0.25, -0.2) is 4.98 Å². The molecule has 5 heteroatoms. The van der Waals surface area contributed by atoms with Gasteiger partial charge in [-0.3, -0.25) is 4.98 Å². The molecule has 0 saturated carbocycles. The predicted molar refractivity (Wildman–Crippen MR) is 77.8 cm³/mol. The molecule has 98 valence electrons. The molecule has 0 aromatic carbocycles. The van der Waals surface area contributed by atoms with E-state index in [1.807, 2.05) is 32.9 Å². The Balaban J connectivity index is 0.000000283. The fourth-order valence-corrected chi connectivity index (χ4v) is 0.896. The van der Waals surface area contributed by atoms with E-state index < -0.39 is 0 Å². The number of nitrogen functional groups attached to an aromatic ring is 3. The van der Waals surface area contributed by atoms with Crippen LogP contribution in [-0.2, 0) is 0 Å². The second-order valence-electron chi connectivity index (χ2n) is 3.25. The lowest BCUT2D eigenvalue weighted by Gasteiger charge is -1.89. The van der Waals surface area contributed by atoms with Gasteiger partial charge in [-0.2, -0.15) is 0 Å². The molecule has 2 rings (SSSR count). The molecule has 6 N–H and O–H groups in total. The summed E-state index contributed by atoms with van der Waals surface area (Å²) < 4.78 is 0. The van der Waals surface area contributed by atoms with E-state index in [0.29, 0.717) is 11.5 Å². The number of hydrogen-bond acceptors (Lipinski definition) is 5. The van der Waals surface area contributed by atoms with E-state index >= 15 is 0 Å². The van der Waals surface area contributed by atoms with Crippen molar-refractivity contribution in [3.8, 4) is 0 Å². The Labute approximate surface area is 108 Å². The van der Waals surface area contributed by atoms with Crippen LogP contribution in [0.2, 0.25) is 0 Å². The van der Waals surface area contributed by atoms with Gasteiger partial charge in [0.05, 0.1) is 23.8 Å². The lowest BCUT2D eigenvalue weighted by Crippen LogP contribution is -1.90. The van der Waals surface area contributed by atoms with Crippen LogP contribution in [0.5, 0.6) is 0 Å². The summed E-state index contributed by atoms with van der Waals surface area (Å²) in [7, 11) is 0. The van der Waals surface area contributed by atoms with Gasteiger partial charge < -0.3 is 17.2 Å². The summed E-state index contributed by atoms with van der Waals surface area (Å²) in [4.78, 5) is 7.69. The van der Waals surface area contributed by atoms with Crippen LogP contribution in [0.3, 0.4) is 0 Å². The molecule has 0 atom stereocenters. The van der Waals surface area contributed by atoms with Crippen molar-refractivity contribution in [2.45, 2.75) is 20.8 Å². The second-order valence-corrected chi connectivity index (χ2v) is 3.25. The lowest BCUT2D eigenvalue weighted by atomic mass is 10.4. The Morgan fingerprint density at radius 3 is 1.56 bits per heavy atom. The summed E-state index contributed by atoms with van der Waals surface area (Å²) in [5.74, 6) is 0.499. The number of aryl methyl sites for hydroxylation is 1. The van der Waals surface area contributed by atoms with Gasteiger partial charge in [0.1, 0.15) is 5.82 Å². The number of pyridine rings is 2. The summed E-state index contributed by atoms with van der Waals surface area (Å²) in [6.07, 6.45) is 3.17. The fraction of sp³-hybridized carbons (Fsp3) is 0.231. The lowest BCUT2D eigenvalue weighted by molar-refractivity contribution is 1.20. The molecule has 0 spiro atoms. The normalized spacial score (nSPS) is 8.39. The molecule has 0 bridgehead atoms. The predicted octanol–water partition coefficient (Wildman–Crippen LogP) is 2.24. The van der Waals surface area contributed by atoms with E-state index in [1.54, 1.807) is 18.3 Å². The van der Waals surface area contributed by atoms with Crippen molar-refractivity contribution >= 4 is 17.2 Å². The fourth-order valence-electron chi connectivity index (χ4n) is 0.896. The Bertz CT molecular complexity index is 337. The highest BCUT2D eigenvalue weighted by Crippen LogP contribution is 2.00. The largest absolute Gasteiger partial charge is 0.397 e. The van der Waals surface area contributed by atoms with Gasteiger partial charge in [0.2, 0.25) is 0 Å². The Kier molecular flexibility index (Phi) is 7.68.